The Morgan fingerprint density at radius 1 is 0.326 bits per heavy atom. The monoisotopic (exact) mass is 550 g/mol. The number of hydrogen-bond acceptors (Lipinski definition) is 3. The van der Waals surface area contributed by atoms with Crippen LogP contribution in [0.3, 0.4) is 0 Å². The van der Waals surface area contributed by atoms with Crippen molar-refractivity contribution in [1.29, 1.82) is 0 Å². The number of para-hydroxylation sites is 1. The molecule has 10 rings (SSSR count). The van der Waals surface area contributed by atoms with E-state index in [2.05, 4.69) is 103 Å². The lowest BCUT2D eigenvalue weighted by Gasteiger charge is -2.18. The SMILES string of the molecule is c1ccc2c(c1)oc1cccc(-c3c4ccccc4c(-c4cccc5oc6c7ccoc7ccc6c45)c4ccccc34)c12. The summed E-state index contributed by atoms with van der Waals surface area (Å²) in [5, 5.41) is 10.3. The Bertz CT molecular complexity index is 2680. The maximum Gasteiger partial charge on any atom is 0.146 e. The molecular formula is C40H22O3. The van der Waals surface area contributed by atoms with Gasteiger partial charge < -0.3 is 13.3 Å². The van der Waals surface area contributed by atoms with Gasteiger partial charge in [-0.25, -0.2) is 0 Å². The molecule has 0 amide bonds. The summed E-state index contributed by atoms with van der Waals surface area (Å²) < 4.78 is 18.5. The summed E-state index contributed by atoms with van der Waals surface area (Å²) in [6.07, 6.45) is 1.72. The van der Waals surface area contributed by atoms with Crippen molar-refractivity contribution in [3.05, 3.63) is 134 Å². The van der Waals surface area contributed by atoms with Crippen molar-refractivity contribution in [2.24, 2.45) is 0 Å². The van der Waals surface area contributed by atoms with Crippen LogP contribution in [0.15, 0.2) is 147 Å². The highest BCUT2D eigenvalue weighted by Crippen LogP contribution is 2.49. The average Bonchev–Trinajstić information content (AvgIpc) is 3.78. The highest BCUT2D eigenvalue weighted by molar-refractivity contribution is 6.28. The molecule has 3 nitrogen and oxygen atoms in total. The fourth-order valence-corrected chi connectivity index (χ4v) is 7.23. The lowest BCUT2D eigenvalue weighted by atomic mass is 9.84. The average molecular weight is 551 g/mol. The molecule has 0 unspecified atom stereocenters. The molecule has 0 aliphatic carbocycles. The number of furan rings is 3. The van der Waals surface area contributed by atoms with Crippen LogP contribution in [-0.4, -0.2) is 0 Å². The predicted molar refractivity (Wildman–Crippen MR) is 177 cm³/mol. The molecule has 0 fully saturated rings. The highest BCUT2D eigenvalue weighted by Gasteiger charge is 2.22. The maximum absolute atomic E-state index is 6.51. The summed E-state index contributed by atoms with van der Waals surface area (Å²) in [5.74, 6) is 0. The van der Waals surface area contributed by atoms with E-state index in [1.807, 2.05) is 24.3 Å². The third-order valence-electron chi connectivity index (χ3n) is 8.97. The third-order valence-corrected chi connectivity index (χ3v) is 8.97. The summed E-state index contributed by atoms with van der Waals surface area (Å²) in [7, 11) is 0. The second-order valence-electron chi connectivity index (χ2n) is 11.2. The zero-order valence-electron chi connectivity index (χ0n) is 22.9. The molecule has 3 heterocycles. The van der Waals surface area contributed by atoms with Gasteiger partial charge in [-0.05, 0) is 80.2 Å². The number of hydrogen-bond donors (Lipinski definition) is 0. The molecule has 43 heavy (non-hydrogen) atoms. The molecule has 0 N–H and O–H groups in total. The molecule has 3 aromatic heterocycles. The second kappa shape index (κ2) is 8.37. The molecular weight excluding hydrogens is 528 g/mol. The number of fused-ring (bicyclic) bond motifs is 10. The van der Waals surface area contributed by atoms with Crippen molar-refractivity contribution in [2.45, 2.75) is 0 Å². The van der Waals surface area contributed by atoms with Crippen LogP contribution in [-0.2, 0) is 0 Å². The van der Waals surface area contributed by atoms with Crippen LogP contribution >= 0.6 is 0 Å². The van der Waals surface area contributed by atoms with E-state index in [-0.39, 0.29) is 0 Å². The van der Waals surface area contributed by atoms with Crippen molar-refractivity contribution >= 4 is 76.4 Å². The van der Waals surface area contributed by atoms with E-state index in [1.165, 1.54) is 38.2 Å². The van der Waals surface area contributed by atoms with E-state index in [9.17, 15) is 0 Å². The van der Waals surface area contributed by atoms with Crippen molar-refractivity contribution in [2.75, 3.05) is 0 Å². The van der Waals surface area contributed by atoms with Gasteiger partial charge in [-0.15, -0.1) is 0 Å². The van der Waals surface area contributed by atoms with Crippen LogP contribution in [0.25, 0.3) is 98.6 Å². The Hall–Kier alpha value is -5.80. The van der Waals surface area contributed by atoms with Gasteiger partial charge in [0.1, 0.15) is 27.9 Å². The van der Waals surface area contributed by atoms with Crippen LogP contribution in [0.1, 0.15) is 0 Å². The number of benzene rings is 7. The first-order valence-electron chi connectivity index (χ1n) is 14.5. The molecule has 7 aromatic carbocycles. The van der Waals surface area contributed by atoms with E-state index >= 15 is 0 Å². The molecule has 3 heteroatoms. The van der Waals surface area contributed by atoms with Crippen LogP contribution in [0, 0.1) is 0 Å². The van der Waals surface area contributed by atoms with Crippen molar-refractivity contribution in [1.82, 2.24) is 0 Å². The van der Waals surface area contributed by atoms with Crippen LogP contribution in [0.4, 0.5) is 0 Å². The molecule has 0 saturated heterocycles. The first kappa shape index (κ1) is 22.8. The Morgan fingerprint density at radius 2 is 0.860 bits per heavy atom. The lowest BCUT2D eigenvalue weighted by molar-refractivity contribution is 0.615. The van der Waals surface area contributed by atoms with Gasteiger partial charge in [-0.3, -0.25) is 0 Å². The van der Waals surface area contributed by atoms with Gasteiger partial charge >= 0.3 is 0 Å². The van der Waals surface area contributed by atoms with Gasteiger partial charge in [0.05, 0.1) is 11.6 Å². The summed E-state index contributed by atoms with van der Waals surface area (Å²) in [4.78, 5) is 0. The largest absolute Gasteiger partial charge is 0.464 e. The smallest absolute Gasteiger partial charge is 0.146 e. The van der Waals surface area contributed by atoms with E-state index < -0.39 is 0 Å². The lowest BCUT2D eigenvalue weighted by Crippen LogP contribution is -1.91. The maximum atomic E-state index is 6.51. The summed E-state index contributed by atoms with van der Waals surface area (Å²) in [6, 6.07) is 44.8. The van der Waals surface area contributed by atoms with Crippen molar-refractivity contribution < 1.29 is 13.3 Å². The zero-order chi connectivity index (χ0) is 28.1. The standard InChI is InChI=1S/C40H22O3/c1-3-11-25-23(9-1)36(29-14-7-17-34-38(29)27-13-5-6-16-33(27)42-34)24-10-2-4-12-26(24)37(25)30-15-8-18-35-39(30)31-19-20-32-28(21-22-41-32)40(31)43-35/h1-22H. The molecule has 0 spiro atoms. The normalized spacial score (nSPS) is 12.2. The topological polar surface area (TPSA) is 39.4 Å². The molecule has 0 radical (unpaired) electrons. The summed E-state index contributed by atoms with van der Waals surface area (Å²) in [6.45, 7) is 0. The minimum Gasteiger partial charge on any atom is -0.464 e. The minimum absolute atomic E-state index is 0.828. The quantitative estimate of drug-likeness (QED) is 0.201. The Kier molecular flexibility index (Phi) is 4.45. The summed E-state index contributed by atoms with van der Waals surface area (Å²) >= 11 is 0. The fourth-order valence-electron chi connectivity index (χ4n) is 7.23. The van der Waals surface area contributed by atoms with Crippen molar-refractivity contribution in [3.63, 3.8) is 0 Å². The Labute approximate surface area is 245 Å². The van der Waals surface area contributed by atoms with E-state index in [0.717, 1.165) is 60.4 Å². The Morgan fingerprint density at radius 3 is 1.51 bits per heavy atom. The van der Waals surface area contributed by atoms with E-state index in [1.54, 1.807) is 6.26 Å². The first-order valence-corrected chi connectivity index (χ1v) is 14.5. The highest BCUT2D eigenvalue weighted by atomic mass is 16.3. The molecule has 10 aromatic rings. The van der Waals surface area contributed by atoms with Gasteiger partial charge in [0.2, 0.25) is 0 Å². The van der Waals surface area contributed by atoms with Crippen LogP contribution in [0.5, 0.6) is 0 Å². The van der Waals surface area contributed by atoms with E-state index in [4.69, 9.17) is 13.3 Å². The van der Waals surface area contributed by atoms with Gasteiger partial charge in [0, 0.05) is 21.5 Å². The molecule has 0 atom stereocenters. The molecule has 200 valence electrons. The number of rotatable bonds is 2. The van der Waals surface area contributed by atoms with E-state index in [0.29, 0.717) is 0 Å². The zero-order valence-corrected chi connectivity index (χ0v) is 22.9. The third kappa shape index (κ3) is 3.03. The molecule has 0 aliphatic rings. The summed E-state index contributed by atoms with van der Waals surface area (Å²) in [5.41, 5.74) is 9.12. The van der Waals surface area contributed by atoms with Gasteiger partial charge in [-0.2, -0.15) is 0 Å². The van der Waals surface area contributed by atoms with Gasteiger partial charge in [0.25, 0.3) is 0 Å². The van der Waals surface area contributed by atoms with Crippen LogP contribution < -0.4 is 0 Å². The fraction of sp³-hybridized carbons (Fsp3) is 0. The second-order valence-corrected chi connectivity index (χ2v) is 11.2. The Balaban J connectivity index is 1.39. The molecule has 0 bridgehead atoms. The van der Waals surface area contributed by atoms with Crippen molar-refractivity contribution in [3.8, 4) is 22.3 Å². The first-order chi connectivity index (χ1) is 21.3. The minimum atomic E-state index is 0.828. The van der Waals surface area contributed by atoms with Crippen LogP contribution in [0.2, 0.25) is 0 Å². The van der Waals surface area contributed by atoms with Gasteiger partial charge in [-0.1, -0.05) is 91.0 Å². The molecule has 0 saturated carbocycles. The predicted octanol–water partition coefficient (Wildman–Crippen LogP) is 11.9. The molecule has 0 aliphatic heterocycles. The van der Waals surface area contributed by atoms with Gasteiger partial charge in [0.15, 0.2) is 0 Å².